The minimum absolute atomic E-state index is 0.145. The molecule has 1 aliphatic heterocycles. The number of hydrogen-bond donors (Lipinski definition) is 2. The number of likely N-dealkylation sites (tertiary alicyclic amines) is 1. The van der Waals surface area contributed by atoms with E-state index in [0.717, 1.165) is 23.7 Å². The Morgan fingerprint density at radius 2 is 2.05 bits per heavy atom. The van der Waals surface area contributed by atoms with Crippen LogP contribution in [0.4, 0.5) is 0 Å². The van der Waals surface area contributed by atoms with Crippen molar-refractivity contribution in [1.29, 1.82) is 0 Å². The topological polar surface area (TPSA) is 73.9 Å². The average Bonchev–Trinajstić information content (AvgIpc) is 3.22. The molecule has 1 aromatic carbocycles. The van der Waals surface area contributed by atoms with E-state index in [2.05, 4.69) is 25.4 Å². The lowest BCUT2D eigenvalue weighted by molar-refractivity contribution is 0.0928. The summed E-state index contributed by atoms with van der Waals surface area (Å²) in [4.78, 5) is 18.3. The van der Waals surface area contributed by atoms with Crippen molar-refractivity contribution in [3.05, 3.63) is 47.0 Å². The van der Waals surface area contributed by atoms with Gasteiger partial charge in [-0.1, -0.05) is 23.7 Å². The highest BCUT2D eigenvalue weighted by molar-refractivity contribution is 6.30. The van der Waals surface area contributed by atoms with Crippen LogP contribution < -0.4 is 5.32 Å². The first-order valence-electron chi connectivity index (χ1n) is 7.37. The van der Waals surface area contributed by atoms with Crippen LogP contribution in [0.3, 0.4) is 0 Å². The number of carbonyl (C=O) groups excluding carboxylic acids is 1. The van der Waals surface area contributed by atoms with Crippen LogP contribution in [0.25, 0.3) is 0 Å². The second-order valence-corrected chi connectivity index (χ2v) is 5.79. The van der Waals surface area contributed by atoms with Gasteiger partial charge >= 0.3 is 0 Å². The van der Waals surface area contributed by atoms with E-state index in [4.69, 9.17) is 11.6 Å². The molecule has 3 rings (SSSR count). The van der Waals surface area contributed by atoms with Gasteiger partial charge in [0.15, 0.2) is 0 Å². The highest BCUT2D eigenvalue weighted by Crippen LogP contribution is 2.25. The Labute approximate surface area is 133 Å². The Balaban J connectivity index is 1.71. The van der Waals surface area contributed by atoms with E-state index < -0.39 is 0 Å². The maximum atomic E-state index is 12.0. The highest BCUT2D eigenvalue weighted by Gasteiger charge is 2.24. The fourth-order valence-corrected chi connectivity index (χ4v) is 2.91. The molecule has 0 aliphatic carbocycles. The zero-order valence-electron chi connectivity index (χ0n) is 12.1. The van der Waals surface area contributed by atoms with Gasteiger partial charge in [0.25, 0.3) is 5.91 Å². The van der Waals surface area contributed by atoms with Gasteiger partial charge in [0.1, 0.15) is 6.33 Å². The normalized spacial score (nSPS) is 16.6. The van der Waals surface area contributed by atoms with Crippen molar-refractivity contribution in [3.63, 3.8) is 0 Å². The molecular formula is C15H18ClN5O. The molecule has 1 aromatic heterocycles. The van der Waals surface area contributed by atoms with Crippen molar-refractivity contribution < 1.29 is 4.79 Å². The number of hydrogen-bond acceptors (Lipinski definition) is 4. The first-order chi connectivity index (χ1) is 10.7. The van der Waals surface area contributed by atoms with E-state index in [9.17, 15) is 4.79 Å². The summed E-state index contributed by atoms with van der Waals surface area (Å²) in [6.45, 7) is 2.62. The highest BCUT2D eigenvalue weighted by atomic mass is 35.5. The Morgan fingerprint density at radius 3 is 2.68 bits per heavy atom. The summed E-state index contributed by atoms with van der Waals surface area (Å²) in [7, 11) is 0. The lowest BCUT2D eigenvalue weighted by Crippen LogP contribution is -2.37. The molecule has 7 heteroatoms. The quantitative estimate of drug-likeness (QED) is 0.884. The maximum absolute atomic E-state index is 12.0. The van der Waals surface area contributed by atoms with Crippen LogP contribution in [-0.4, -0.2) is 45.6 Å². The summed E-state index contributed by atoms with van der Waals surface area (Å²) in [5.74, 6) is -0.00746. The molecular weight excluding hydrogens is 302 g/mol. The van der Waals surface area contributed by atoms with Crippen molar-refractivity contribution in [1.82, 2.24) is 25.4 Å². The Kier molecular flexibility index (Phi) is 4.70. The van der Waals surface area contributed by atoms with Gasteiger partial charge in [-0.25, -0.2) is 4.98 Å². The second-order valence-electron chi connectivity index (χ2n) is 5.35. The van der Waals surface area contributed by atoms with Crippen LogP contribution in [0.1, 0.15) is 35.1 Å². The predicted molar refractivity (Wildman–Crippen MR) is 83.7 cm³/mol. The molecule has 0 spiro atoms. The SMILES string of the molecule is O=C(NCC(c1ccc(Cl)cc1)N1CCCC1)c1ncn[nH]1. The summed E-state index contributed by atoms with van der Waals surface area (Å²) in [6, 6.07) is 7.96. The molecule has 0 radical (unpaired) electrons. The van der Waals surface area contributed by atoms with E-state index >= 15 is 0 Å². The lowest BCUT2D eigenvalue weighted by Gasteiger charge is -2.28. The molecule has 1 amide bonds. The fraction of sp³-hybridized carbons (Fsp3) is 0.400. The van der Waals surface area contributed by atoms with Gasteiger partial charge in [-0.05, 0) is 43.6 Å². The maximum Gasteiger partial charge on any atom is 0.288 e. The standard InChI is InChI=1S/C15H18ClN5O/c16-12-5-3-11(4-6-12)13(21-7-1-2-8-21)9-17-15(22)14-18-10-19-20-14/h3-6,10,13H,1-2,7-9H2,(H,17,22)(H,18,19,20). The van der Waals surface area contributed by atoms with Gasteiger partial charge in [-0.15, -0.1) is 0 Å². The number of nitrogens with zero attached hydrogens (tertiary/aromatic N) is 3. The summed E-state index contributed by atoms with van der Waals surface area (Å²) in [6.07, 6.45) is 3.71. The monoisotopic (exact) mass is 319 g/mol. The van der Waals surface area contributed by atoms with Crippen molar-refractivity contribution in [2.75, 3.05) is 19.6 Å². The lowest BCUT2D eigenvalue weighted by atomic mass is 10.1. The van der Waals surface area contributed by atoms with Gasteiger partial charge < -0.3 is 5.32 Å². The van der Waals surface area contributed by atoms with Gasteiger partial charge in [-0.3, -0.25) is 14.8 Å². The summed E-state index contributed by atoms with van der Waals surface area (Å²) >= 11 is 5.97. The van der Waals surface area contributed by atoms with Crippen molar-refractivity contribution >= 4 is 17.5 Å². The van der Waals surface area contributed by atoms with Crippen LogP contribution in [-0.2, 0) is 0 Å². The number of carbonyl (C=O) groups is 1. The number of halogens is 1. The van der Waals surface area contributed by atoms with Crippen molar-refractivity contribution in [3.8, 4) is 0 Å². The van der Waals surface area contributed by atoms with E-state index in [-0.39, 0.29) is 17.8 Å². The summed E-state index contributed by atoms with van der Waals surface area (Å²) < 4.78 is 0. The number of nitrogens with one attached hydrogen (secondary N) is 2. The molecule has 1 fully saturated rings. The fourth-order valence-electron chi connectivity index (χ4n) is 2.78. The number of amides is 1. The second kappa shape index (κ2) is 6.89. The van der Waals surface area contributed by atoms with Gasteiger partial charge in [0.05, 0.1) is 6.04 Å². The average molecular weight is 320 g/mol. The minimum atomic E-state index is -0.240. The van der Waals surface area contributed by atoms with Crippen LogP contribution in [0, 0.1) is 0 Å². The first kappa shape index (κ1) is 15.0. The van der Waals surface area contributed by atoms with Crippen molar-refractivity contribution in [2.24, 2.45) is 0 Å². The first-order valence-corrected chi connectivity index (χ1v) is 7.75. The Morgan fingerprint density at radius 1 is 1.32 bits per heavy atom. The van der Waals surface area contributed by atoms with Gasteiger partial charge in [-0.2, -0.15) is 5.10 Å². The van der Waals surface area contributed by atoms with Gasteiger partial charge in [0, 0.05) is 11.6 Å². The number of aromatic amines is 1. The minimum Gasteiger partial charge on any atom is -0.347 e. The molecule has 6 nitrogen and oxygen atoms in total. The van der Waals surface area contributed by atoms with Crippen LogP contribution >= 0.6 is 11.6 Å². The molecule has 116 valence electrons. The molecule has 1 saturated heterocycles. The van der Waals surface area contributed by atoms with Gasteiger partial charge in [0.2, 0.25) is 5.82 Å². The third kappa shape index (κ3) is 3.45. The van der Waals surface area contributed by atoms with Crippen molar-refractivity contribution in [2.45, 2.75) is 18.9 Å². The van der Waals surface area contributed by atoms with Crippen LogP contribution in [0.2, 0.25) is 5.02 Å². The van der Waals surface area contributed by atoms with E-state index in [0.29, 0.717) is 6.54 Å². The molecule has 2 N–H and O–H groups in total. The molecule has 22 heavy (non-hydrogen) atoms. The molecule has 1 aliphatic rings. The van der Waals surface area contributed by atoms with E-state index in [1.54, 1.807) is 0 Å². The van der Waals surface area contributed by atoms with E-state index in [1.807, 2.05) is 24.3 Å². The Bertz CT molecular complexity index is 607. The number of aromatic nitrogens is 3. The summed E-state index contributed by atoms with van der Waals surface area (Å²) in [5, 5.41) is 9.91. The zero-order chi connectivity index (χ0) is 15.4. The molecule has 2 aromatic rings. The number of rotatable bonds is 5. The predicted octanol–water partition coefficient (Wildman–Crippen LogP) is 2.02. The molecule has 2 heterocycles. The molecule has 1 atom stereocenters. The number of benzene rings is 1. The smallest absolute Gasteiger partial charge is 0.288 e. The molecule has 0 saturated carbocycles. The zero-order valence-corrected chi connectivity index (χ0v) is 12.9. The summed E-state index contributed by atoms with van der Waals surface area (Å²) in [5.41, 5.74) is 1.16. The van der Waals surface area contributed by atoms with Crippen LogP contribution in [0.15, 0.2) is 30.6 Å². The Hall–Kier alpha value is -1.92. The van der Waals surface area contributed by atoms with E-state index in [1.165, 1.54) is 19.2 Å². The van der Waals surface area contributed by atoms with Crippen LogP contribution in [0.5, 0.6) is 0 Å². The largest absolute Gasteiger partial charge is 0.347 e. The number of H-pyrrole nitrogens is 1. The molecule has 0 bridgehead atoms. The molecule has 1 unspecified atom stereocenters. The third-order valence-electron chi connectivity index (χ3n) is 3.92. The third-order valence-corrected chi connectivity index (χ3v) is 4.17.